The van der Waals surface area contributed by atoms with Crippen molar-refractivity contribution in [1.29, 1.82) is 0 Å². The van der Waals surface area contributed by atoms with Crippen molar-refractivity contribution < 1.29 is 4.39 Å². The van der Waals surface area contributed by atoms with Crippen molar-refractivity contribution in [2.45, 2.75) is 26.3 Å². The molecule has 1 N–H and O–H groups in total. The molecule has 0 fully saturated rings. The molecule has 2 nitrogen and oxygen atoms in total. The Hall–Kier alpha value is -0.780. The Balaban J connectivity index is 1.88. The Kier molecular flexibility index (Phi) is 5.07. The van der Waals surface area contributed by atoms with Gasteiger partial charge in [-0.15, -0.1) is 11.3 Å². The van der Waals surface area contributed by atoms with Crippen LogP contribution >= 0.6 is 27.3 Å². The molecule has 0 aliphatic heterocycles. The molecule has 0 amide bonds. The van der Waals surface area contributed by atoms with Gasteiger partial charge < -0.3 is 5.32 Å². The predicted molar refractivity (Wildman–Crippen MR) is 81.1 cm³/mol. The van der Waals surface area contributed by atoms with Crippen LogP contribution in [0.25, 0.3) is 0 Å². The van der Waals surface area contributed by atoms with E-state index in [1.54, 1.807) is 11.3 Å². The van der Waals surface area contributed by atoms with Gasteiger partial charge in [-0.25, -0.2) is 9.37 Å². The zero-order valence-electron chi connectivity index (χ0n) is 10.9. The molecule has 2 rings (SSSR count). The Bertz CT molecular complexity index is 556. The Morgan fingerprint density at radius 2 is 2.26 bits per heavy atom. The third-order valence-corrected chi connectivity index (χ3v) is 4.40. The standard InChI is InChI=1S/C14H16BrFN2S/c1-9-8-19-14(18-9)5-6-17-10(2)12-4-3-11(15)7-13(12)16/h3-4,7-8,10,17H,5-6H2,1-2H3. The van der Waals surface area contributed by atoms with Crippen LogP contribution in [0.15, 0.2) is 28.1 Å². The number of nitrogens with one attached hydrogen (secondary N) is 1. The van der Waals surface area contributed by atoms with E-state index < -0.39 is 0 Å². The van der Waals surface area contributed by atoms with Crippen LogP contribution in [0.2, 0.25) is 0 Å². The molecule has 1 aromatic heterocycles. The van der Waals surface area contributed by atoms with Gasteiger partial charge >= 0.3 is 0 Å². The van der Waals surface area contributed by atoms with Crippen LogP contribution in [0.4, 0.5) is 4.39 Å². The van der Waals surface area contributed by atoms with Crippen LogP contribution in [0, 0.1) is 12.7 Å². The second-order valence-electron chi connectivity index (χ2n) is 4.47. The normalized spacial score (nSPS) is 12.6. The van der Waals surface area contributed by atoms with Gasteiger partial charge in [0.2, 0.25) is 0 Å². The van der Waals surface area contributed by atoms with Gasteiger partial charge in [-0.05, 0) is 26.0 Å². The monoisotopic (exact) mass is 342 g/mol. The highest BCUT2D eigenvalue weighted by molar-refractivity contribution is 9.10. The van der Waals surface area contributed by atoms with Gasteiger partial charge in [0.05, 0.1) is 5.01 Å². The second kappa shape index (κ2) is 6.59. The fourth-order valence-electron chi connectivity index (χ4n) is 1.88. The van der Waals surface area contributed by atoms with Gasteiger partial charge in [0.15, 0.2) is 0 Å². The van der Waals surface area contributed by atoms with Gasteiger partial charge in [-0.1, -0.05) is 22.0 Å². The maximum Gasteiger partial charge on any atom is 0.129 e. The minimum Gasteiger partial charge on any atom is -0.310 e. The summed E-state index contributed by atoms with van der Waals surface area (Å²) in [5, 5.41) is 6.50. The van der Waals surface area contributed by atoms with E-state index in [0.717, 1.165) is 28.1 Å². The number of aromatic nitrogens is 1. The highest BCUT2D eigenvalue weighted by Crippen LogP contribution is 2.20. The SMILES string of the molecule is Cc1csc(CCNC(C)c2ccc(Br)cc2F)n1. The molecule has 0 saturated heterocycles. The Morgan fingerprint density at radius 3 is 2.89 bits per heavy atom. The number of benzene rings is 1. The topological polar surface area (TPSA) is 24.9 Å². The van der Waals surface area contributed by atoms with Crippen molar-refractivity contribution in [2.75, 3.05) is 6.54 Å². The molecule has 0 bridgehead atoms. The first-order valence-electron chi connectivity index (χ1n) is 6.15. The largest absolute Gasteiger partial charge is 0.310 e. The lowest BCUT2D eigenvalue weighted by Gasteiger charge is -2.14. The number of thiazole rings is 1. The average molecular weight is 343 g/mol. The van der Waals surface area contributed by atoms with Crippen LogP contribution in [-0.2, 0) is 6.42 Å². The van der Waals surface area contributed by atoms with E-state index in [9.17, 15) is 4.39 Å². The lowest BCUT2D eigenvalue weighted by molar-refractivity contribution is 0.530. The molecule has 1 atom stereocenters. The van der Waals surface area contributed by atoms with E-state index in [4.69, 9.17) is 0 Å². The molecule has 2 aromatic rings. The summed E-state index contributed by atoms with van der Waals surface area (Å²) in [6.07, 6.45) is 0.876. The molecule has 1 aromatic carbocycles. The molecule has 5 heteroatoms. The van der Waals surface area contributed by atoms with E-state index in [-0.39, 0.29) is 11.9 Å². The Labute approximate surface area is 125 Å². The minimum absolute atomic E-state index is 0.00541. The summed E-state index contributed by atoms with van der Waals surface area (Å²) in [5.74, 6) is -0.181. The molecule has 19 heavy (non-hydrogen) atoms. The summed E-state index contributed by atoms with van der Waals surface area (Å²) in [4.78, 5) is 4.41. The molecular weight excluding hydrogens is 327 g/mol. The summed E-state index contributed by atoms with van der Waals surface area (Å²) < 4.78 is 14.5. The number of halogens is 2. The van der Waals surface area contributed by atoms with Gasteiger partial charge in [-0.3, -0.25) is 0 Å². The van der Waals surface area contributed by atoms with Crippen LogP contribution in [0.3, 0.4) is 0 Å². The van der Waals surface area contributed by atoms with Gasteiger partial charge in [0.1, 0.15) is 5.82 Å². The molecule has 0 aliphatic rings. The second-order valence-corrected chi connectivity index (χ2v) is 6.33. The summed E-state index contributed by atoms with van der Waals surface area (Å²) in [7, 11) is 0. The number of aryl methyl sites for hydroxylation is 1. The molecule has 0 saturated carbocycles. The molecule has 102 valence electrons. The van der Waals surface area contributed by atoms with E-state index in [1.165, 1.54) is 6.07 Å². The quantitative estimate of drug-likeness (QED) is 0.878. The number of nitrogens with zero attached hydrogens (tertiary/aromatic N) is 1. The maximum absolute atomic E-state index is 13.8. The summed E-state index contributed by atoms with van der Waals surface area (Å²) in [5.41, 5.74) is 1.76. The van der Waals surface area contributed by atoms with Crippen molar-refractivity contribution in [1.82, 2.24) is 10.3 Å². The average Bonchev–Trinajstić information content (AvgIpc) is 2.75. The smallest absolute Gasteiger partial charge is 0.129 e. The fraction of sp³-hybridized carbons (Fsp3) is 0.357. The number of hydrogen-bond donors (Lipinski definition) is 1. The summed E-state index contributed by atoms with van der Waals surface area (Å²) in [6.45, 7) is 4.76. The van der Waals surface area contributed by atoms with E-state index in [1.807, 2.05) is 31.4 Å². The van der Waals surface area contributed by atoms with Crippen LogP contribution in [-0.4, -0.2) is 11.5 Å². The molecule has 1 heterocycles. The predicted octanol–water partition coefficient (Wildman–Crippen LogP) is 4.25. The van der Waals surface area contributed by atoms with Gasteiger partial charge in [0, 0.05) is 40.1 Å². The molecule has 1 unspecified atom stereocenters. The molecule has 0 spiro atoms. The highest BCUT2D eigenvalue weighted by Gasteiger charge is 2.10. The van der Waals surface area contributed by atoms with Gasteiger partial charge in [0.25, 0.3) is 0 Å². The Morgan fingerprint density at radius 1 is 1.47 bits per heavy atom. The van der Waals surface area contributed by atoms with Crippen LogP contribution in [0.1, 0.15) is 29.2 Å². The van der Waals surface area contributed by atoms with E-state index in [2.05, 4.69) is 26.2 Å². The summed E-state index contributed by atoms with van der Waals surface area (Å²) in [6, 6.07) is 5.16. The van der Waals surface area contributed by atoms with Crippen molar-refractivity contribution in [2.24, 2.45) is 0 Å². The lowest BCUT2D eigenvalue weighted by atomic mass is 10.1. The first-order chi connectivity index (χ1) is 9.06. The minimum atomic E-state index is -0.181. The van der Waals surface area contributed by atoms with Crippen molar-refractivity contribution in [3.8, 4) is 0 Å². The zero-order valence-corrected chi connectivity index (χ0v) is 13.3. The number of rotatable bonds is 5. The van der Waals surface area contributed by atoms with Crippen molar-refractivity contribution >= 4 is 27.3 Å². The van der Waals surface area contributed by atoms with Crippen LogP contribution in [0.5, 0.6) is 0 Å². The third kappa shape index (κ3) is 4.09. The highest BCUT2D eigenvalue weighted by atomic mass is 79.9. The summed E-state index contributed by atoms with van der Waals surface area (Å²) >= 11 is 4.93. The number of hydrogen-bond acceptors (Lipinski definition) is 3. The first kappa shape index (κ1) is 14.6. The van der Waals surface area contributed by atoms with E-state index >= 15 is 0 Å². The lowest BCUT2D eigenvalue weighted by Crippen LogP contribution is -2.22. The first-order valence-corrected chi connectivity index (χ1v) is 7.83. The molecule has 0 radical (unpaired) electrons. The third-order valence-electron chi connectivity index (χ3n) is 2.88. The maximum atomic E-state index is 13.8. The van der Waals surface area contributed by atoms with Gasteiger partial charge in [-0.2, -0.15) is 0 Å². The van der Waals surface area contributed by atoms with Crippen molar-refractivity contribution in [3.63, 3.8) is 0 Å². The fourth-order valence-corrected chi connectivity index (χ4v) is 2.98. The van der Waals surface area contributed by atoms with Crippen molar-refractivity contribution in [3.05, 3.63) is 50.1 Å². The molecule has 0 aliphatic carbocycles. The zero-order chi connectivity index (χ0) is 13.8. The van der Waals surface area contributed by atoms with Crippen LogP contribution < -0.4 is 5.32 Å². The molecular formula is C14H16BrFN2S. The van der Waals surface area contributed by atoms with E-state index in [0.29, 0.717) is 5.56 Å².